The molecule has 0 aliphatic carbocycles. The molecule has 1 fully saturated rings. The third-order valence-electron chi connectivity index (χ3n) is 3.81. The fraction of sp³-hybridized carbons (Fsp3) is 0.625. The van der Waals surface area contributed by atoms with Crippen molar-refractivity contribution in [3.63, 3.8) is 0 Å². The van der Waals surface area contributed by atoms with Gasteiger partial charge in [-0.15, -0.1) is 0 Å². The van der Waals surface area contributed by atoms with Crippen LogP contribution in [0, 0.1) is 11.7 Å². The van der Waals surface area contributed by atoms with Gasteiger partial charge in [0.25, 0.3) is 0 Å². The first-order valence-corrected chi connectivity index (χ1v) is 7.78. The van der Waals surface area contributed by atoms with E-state index in [1.807, 2.05) is 6.92 Å². The van der Waals surface area contributed by atoms with Crippen LogP contribution in [0.5, 0.6) is 5.75 Å². The topological polar surface area (TPSA) is 50.5 Å². The molecule has 1 atom stereocenters. The van der Waals surface area contributed by atoms with Crippen LogP contribution in [-0.4, -0.2) is 37.7 Å². The Hall–Kier alpha value is -1.49. The van der Waals surface area contributed by atoms with Gasteiger partial charge in [-0.3, -0.25) is 0 Å². The minimum Gasteiger partial charge on any atom is -0.491 e. The lowest BCUT2D eigenvalue weighted by molar-refractivity contribution is 0.294. The number of hydrogen-bond donors (Lipinski definition) is 2. The molecular formula is C16H26FN3O. The lowest BCUT2D eigenvalue weighted by atomic mass is 10.1. The zero-order chi connectivity index (χ0) is 15.2. The molecule has 21 heavy (non-hydrogen) atoms. The Morgan fingerprint density at radius 1 is 1.38 bits per heavy atom. The van der Waals surface area contributed by atoms with Crippen LogP contribution in [0.1, 0.15) is 26.7 Å². The molecular weight excluding hydrogens is 269 g/mol. The number of likely N-dealkylation sites (tertiary alicyclic amines) is 1. The molecule has 1 unspecified atom stereocenters. The van der Waals surface area contributed by atoms with Crippen molar-refractivity contribution in [1.29, 1.82) is 0 Å². The summed E-state index contributed by atoms with van der Waals surface area (Å²) in [7, 11) is 0. The third-order valence-corrected chi connectivity index (χ3v) is 3.81. The largest absolute Gasteiger partial charge is 0.491 e. The molecule has 118 valence electrons. The van der Waals surface area contributed by atoms with E-state index in [1.165, 1.54) is 32.0 Å². The molecule has 0 bridgehead atoms. The molecule has 1 aromatic carbocycles. The Labute approximate surface area is 126 Å². The molecule has 1 saturated heterocycles. The number of nitrogens with zero attached hydrogens (tertiary/aromatic N) is 1. The van der Waals surface area contributed by atoms with E-state index in [9.17, 15) is 4.39 Å². The molecule has 1 aliphatic heterocycles. The maximum Gasteiger partial charge on any atom is 0.167 e. The van der Waals surface area contributed by atoms with Crippen LogP contribution >= 0.6 is 0 Å². The monoisotopic (exact) mass is 295 g/mol. The Balaban J connectivity index is 1.90. The maximum absolute atomic E-state index is 13.6. The molecule has 1 aromatic rings. The first-order valence-electron chi connectivity index (χ1n) is 7.78. The van der Waals surface area contributed by atoms with Crippen molar-refractivity contribution in [1.82, 2.24) is 4.90 Å². The van der Waals surface area contributed by atoms with Crippen LogP contribution in [0.2, 0.25) is 0 Å². The fourth-order valence-electron chi connectivity index (χ4n) is 2.74. The van der Waals surface area contributed by atoms with Gasteiger partial charge in [-0.2, -0.15) is 0 Å². The summed E-state index contributed by atoms with van der Waals surface area (Å²) in [6.07, 6.45) is 2.62. The van der Waals surface area contributed by atoms with Crippen molar-refractivity contribution in [3.05, 3.63) is 17.9 Å². The summed E-state index contributed by atoms with van der Waals surface area (Å²) in [5.74, 6) is 0.356. The van der Waals surface area contributed by atoms with Gasteiger partial charge in [-0.05, 0) is 38.8 Å². The van der Waals surface area contributed by atoms with Crippen molar-refractivity contribution in [3.8, 4) is 5.75 Å². The molecule has 4 nitrogen and oxygen atoms in total. The van der Waals surface area contributed by atoms with Gasteiger partial charge in [0.15, 0.2) is 11.6 Å². The summed E-state index contributed by atoms with van der Waals surface area (Å²) >= 11 is 0. The van der Waals surface area contributed by atoms with E-state index >= 15 is 0 Å². The number of hydrogen-bond acceptors (Lipinski definition) is 4. The first-order chi connectivity index (χ1) is 10.1. The predicted molar refractivity (Wildman–Crippen MR) is 85.3 cm³/mol. The van der Waals surface area contributed by atoms with Gasteiger partial charge in [0.1, 0.15) is 0 Å². The molecule has 0 radical (unpaired) electrons. The van der Waals surface area contributed by atoms with E-state index in [0.717, 1.165) is 18.8 Å². The van der Waals surface area contributed by atoms with E-state index in [4.69, 9.17) is 10.5 Å². The van der Waals surface area contributed by atoms with E-state index < -0.39 is 5.82 Å². The quantitative estimate of drug-likeness (QED) is 0.759. The highest BCUT2D eigenvalue weighted by molar-refractivity contribution is 5.68. The van der Waals surface area contributed by atoms with Crippen molar-refractivity contribution < 1.29 is 9.13 Å². The van der Waals surface area contributed by atoms with Crippen LogP contribution in [0.3, 0.4) is 0 Å². The van der Waals surface area contributed by atoms with Crippen LogP contribution in [-0.2, 0) is 0 Å². The summed E-state index contributed by atoms with van der Waals surface area (Å²) < 4.78 is 18.9. The van der Waals surface area contributed by atoms with Gasteiger partial charge in [0.2, 0.25) is 0 Å². The van der Waals surface area contributed by atoms with Crippen molar-refractivity contribution in [2.24, 2.45) is 5.92 Å². The Morgan fingerprint density at radius 2 is 2.10 bits per heavy atom. The van der Waals surface area contributed by atoms with Crippen LogP contribution < -0.4 is 15.8 Å². The first kappa shape index (κ1) is 15.9. The Bertz CT molecular complexity index is 461. The lowest BCUT2D eigenvalue weighted by Gasteiger charge is -2.21. The van der Waals surface area contributed by atoms with E-state index in [1.54, 1.807) is 6.07 Å². The molecule has 5 heteroatoms. The second-order valence-corrected chi connectivity index (χ2v) is 5.80. The highest BCUT2D eigenvalue weighted by Crippen LogP contribution is 2.28. The number of nitrogens with one attached hydrogen (secondary N) is 1. The molecule has 1 aliphatic rings. The van der Waals surface area contributed by atoms with Gasteiger partial charge in [0.05, 0.1) is 18.0 Å². The zero-order valence-electron chi connectivity index (χ0n) is 13.0. The summed E-state index contributed by atoms with van der Waals surface area (Å²) in [6, 6.07) is 2.97. The number of ether oxygens (including phenoxy) is 1. The SMILES string of the molecule is CCOc1cc(NCC(C)CN2CCCC2)c(N)cc1F. The van der Waals surface area contributed by atoms with Gasteiger partial charge < -0.3 is 20.7 Å². The number of nitrogens with two attached hydrogens (primary N) is 1. The third kappa shape index (κ3) is 4.49. The maximum atomic E-state index is 13.6. The average molecular weight is 295 g/mol. The predicted octanol–water partition coefficient (Wildman–Crippen LogP) is 2.95. The molecule has 3 N–H and O–H groups in total. The minimum absolute atomic E-state index is 0.251. The van der Waals surface area contributed by atoms with Crippen LogP contribution in [0.15, 0.2) is 12.1 Å². The molecule has 0 spiro atoms. The van der Waals surface area contributed by atoms with Crippen LogP contribution in [0.25, 0.3) is 0 Å². The van der Waals surface area contributed by atoms with Crippen molar-refractivity contribution in [2.75, 3.05) is 43.8 Å². The highest BCUT2D eigenvalue weighted by Gasteiger charge is 2.15. The van der Waals surface area contributed by atoms with E-state index in [2.05, 4.69) is 17.1 Å². The Morgan fingerprint density at radius 3 is 2.76 bits per heavy atom. The second kappa shape index (κ2) is 7.50. The highest BCUT2D eigenvalue weighted by atomic mass is 19.1. The fourth-order valence-corrected chi connectivity index (χ4v) is 2.74. The van der Waals surface area contributed by atoms with Crippen molar-refractivity contribution in [2.45, 2.75) is 26.7 Å². The number of nitrogen functional groups attached to an aromatic ring is 1. The van der Waals surface area contributed by atoms with Crippen molar-refractivity contribution >= 4 is 11.4 Å². The molecule has 0 amide bonds. The van der Waals surface area contributed by atoms with Crippen LogP contribution in [0.4, 0.5) is 15.8 Å². The van der Waals surface area contributed by atoms with Gasteiger partial charge in [0, 0.05) is 25.2 Å². The number of benzene rings is 1. The van der Waals surface area contributed by atoms with Gasteiger partial charge >= 0.3 is 0 Å². The average Bonchev–Trinajstić information content (AvgIpc) is 2.93. The summed E-state index contributed by atoms with van der Waals surface area (Å²) in [6.45, 7) is 8.81. The lowest BCUT2D eigenvalue weighted by Crippen LogP contribution is -2.29. The number of halogens is 1. The normalized spacial score (nSPS) is 16.9. The van der Waals surface area contributed by atoms with Gasteiger partial charge in [-0.25, -0.2) is 4.39 Å². The zero-order valence-corrected chi connectivity index (χ0v) is 13.0. The van der Waals surface area contributed by atoms with E-state index in [-0.39, 0.29) is 5.75 Å². The minimum atomic E-state index is -0.412. The summed E-state index contributed by atoms with van der Waals surface area (Å²) in [4.78, 5) is 2.49. The standard InChI is InChI=1S/C16H26FN3O/c1-3-21-16-9-15(14(18)8-13(16)17)19-10-12(2)11-20-6-4-5-7-20/h8-9,12,19H,3-7,10-11,18H2,1-2H3. The summed E-state index contributed by atoms with van der Waals surface area (Å²) in [5.41, 5.74) is 7.03. The summed E-state index contributed by atoms with van der Waals surface area (Å²) in [5, 5.41) is 3.31. The van der Waals surface area contributed by atoms with Gasteiger partial charge in [-0.1, -0.05) is 6.92 Å². The smallest absolute Gasteiger partial charge is 0.167 e. The molecule has 1 heterocycles. The molecule has 0 saturated carbocycles. The second-order valence-electron chi connectivity index (χ2n) is 5.80. The van der Waals surface area contributed by atoms with E-state index in [0.29, 0.717) is 18.2 Å². The Kier molecular flexibility index (Phi) is 5.67. The molecule has 0 aromatic heterocycles. The number of anilines is 2. The molecule has 2 rings (SSSR count). The number of rotatable bonds is 7.